The number of halogens is 1. The minimum atomic E-state index is -0.631. The number of nitrogens with zero attached hydrogens (tertiary/aromatic N) is 2. The van der Waals surface area contributed by atoms with Gasteiger partial charge in [-0.25, -0.2) is 0 Å². The largest absolute Gasteiger partial charge is 0.493 e. The number of methoxy groups -OCH3 is 1. The Morgan fingerprint density at radius 2 is 2.06 bits per heavy atom. The Morgan fingerprint density at radius 3 is 2.71 bits per heavy atom. The van der Waals surface area contributed by atoms with E-state index in [1.54, 1.807) is 30.3 Å². The predicted molar refractivity (Wildman–Crippen MR) is 121 cm³/mol. The smallest absolute Gasteiger partial charge is 0.255 e. The number of thioether (sulfide) groups is 1. The lowest BCUT2D eigenvalue weighted by atomic mass is 10.1. The number of ether oxygens (including phenoxy) is 2. The average Bonchev–Trinajstić information content (AvgIpc) is 3.28. The van der Waals surface area contributed by atoms with E-state index in [4.69, 9.17) is 26.3 Å². The SMILES string of the molecule is CCCOc1c(Cl)cc(C(=O)N2CSCC2C(=O)Nc2ccc(C#N)cc2)cc1OC. The molecule has 1 aliphatic heterocycles. The summed E-state index contributed by atoms with van der Waals surface area (Å²) in [5, 5.41) is 12.0. The first kappa shape index (κ1) is 22.8. The quantitative estimate of drug-likeness (QED) is 0.668. The van der Waals surface area contributed by atoms with E-state index in [9.17, 15) is 9.59 Å². The number of anilines is 1. The van der Waals surface area contributed by atoms with Crippen LogP contribution in [-0.2, 0) is 4.79 Å². The first-order valence-corrected chi connectivity index (χ1v) is 11.2. The van der Waals surface area contributed by atoms with Crippen LogP contribution < -0.4 is 14.8 Å². The molecule has 0 radical (unpaired) electrons. The molecule has 2 aromatic carbocycles. The fraction of sp³-hybridized carbons (Fsp3) is 0.318. The number of hydrogen-bond acceptors (Lipinski definition) is 6. The highest BCUT2D eigenvalue weighted by Crippen LogP contribution is 2.37. The van der Waals surface area contributed by atoms with Crippen LogP contribution in [0.3, 0.4) is 0 Å². The number of nitrogens with one attached hydrogen (secondary N) is 1. The first-order chi connectivity index (χ1) is 15.0. The molecule has 7 nitrogen and oxygen atoms in total. The lowest BCUT2D eigenvalue weighted by Crippen LogP contribution is -2.44. The van der Waals surface area contributed by atoms with Crippen molar-refractivity contribution in [3.05, 3.63) is 52.5 Å². The van der Waals surface area contributed by atoms with E-state index in [-0.39, 0.29) is 16.8 Å². The fourth-order valence-electron chi connectivity index (χ4n) is 3.07. The molecule has 1 saturated heterocycles. The topological polar surface area (TPSA) is 91.7 Å². The molecule has 1 N–H and O–H groups in total. The highest BCUT2D eigenvalue weighted by Gasteiger charge is 2.35. The Bertz CT molecular complexity index is 1010. The number of carbonyl (C=O) groups is 2. The Morgan fingerprint density at radius 1 is 1.32 bits per heavy atom. The van der Waals surface area contributed by atoms with Gasteiger partial charge >= 0.3 is 0 Å². The van der Waals surface area contributed by atoms with Crippen LogP contribution in [0.5, 0.6) is 11.5 Å². The van der Waals surface area contributed by atoms with Crippen molar-refractivity contribution in [2.75, 3.05) is 30.7 Å². The van der Waals surface area contributed by atoms with Gasteiger partial charge in [0.25, 0.3) is 5.91 Å². The second-order valence-corrected chi connectivity index (χ2v) is 8.21. The zero-order valence-corrected chi connectivity index (χ0v) is 18.8. The zero-order chi connectivity index (χ0) is 22.4. The fourth-order valence-corrected chi connectivity index (χ4v) is 4.49. The van der Waals surface area contributed by atoms with Crippen LogP contribution in [0.15, 0.2) is 36.4 Å². The van der Waals surface area contributed by atoms with Crippen LogP contribution in [0.2, 0.25) is 5.02 Å². The molecule has 9 heteroatoms. The van der Waals surface area contributed by atoms with Gasteiger partial charge in [0.05, 0.1) is 36.2 Å². The molecule has 1 unspecified atom stereocenters. The lowest BCUT2D eigenvalue weighted by molar-refractivity contribution is -0.119. The standard InChI is InChI=1S/C22H22ClN3O4S/c1-3-8-30-20-17(23)9-15(10-19(20)29-2)22(28)26-13-31-12-18(26)21(27)25-16-6-4-14(11-24)5-7-16/h4-7,9-10,18H,3,8,12-13H2,1-2H3,(H,25,27). The Balaban J connectivity index is 1.78. The van der Waals surface area contributed by atoms with E-state index in [0.29, 0.717) is 46.5 Å². The van der Waals surface area contributed by atoms with Crippen LogP contribution in [0.4, 0.5) is 5.69 Å². The molecule has 0 spiro atoms. The van der Waals surface area contributed by atoms with Crippen molar-refractivity contribution < 1.29 is 19.1 Å². The molecule has 2 aromatic rings. The summed E-state index contributed by atoms with van der Waals surface area (Å²) in [4.78, 5) is 27.5. The molecule has 31 heavy (non-hydrogen) atoms. The number of hydrogen-bond donors (Lipinski definition) is 1. The van der Waals surface area contributed by atoms with Crippen molar-refractivity contribution in [2.45, 2.75) is 19.4 Å². The van der Waals surface area contributed by atoms with Crippen LogP contribution >= 0.6 is 23.4 Å². The van der Waals surface area contributed by atoms with E-state index in [2.05, 4.69) is 5.32 Å². The van der Waals surface area contributed by atoms with Crippen LogP contribution in [0.1, 0.15) is 29.3 Å². The average molecular weight is 460 g/mol. The number of benzene rings is 2. The monoisotopic (exact) mass is 459 g/mol. The third kappa shape index (κ3) is 5.24. The van der Waals surface area contributed by atoms with Gasteiger partial charge in [0.15, 0.2) is 11.5 Å². The van der Waals surface area contributed by atoms with Gasteiger partial charge in [0.1, 0.15) is 6.04 Å². The maximum atomic E-state index is 13.2. The molecular formula is C22H22ClN3O4S. The van der Waals surface area contributed by atoms with Crippen molar-refractivity contribution in [2.24, 2.45) is 0 Å². The van der Waals surface area contributed by atoms with Gasteiger partial charge in [-0.2, -0.15) is 5.26 Å². The van der Waals surface area contributed by atoms with Gasteiger partial charge in [0, 0.05) is 17.0 Å². The molecule has 1 atom stereocenters. The van der Waals surface area contributed by atoms with Crippen LogP contribution in [-0.4, -0.2) is 48.1 Å². The molecule has 0 saturated carbocycles. The predicted octanol–water partition coefficient (Wildman–Crippen LogP) is 4.16. The van der Waals surface area contributed by atoms with Gasteiger partial charge in [0.2, 0.25) is 5.91 Å². The first-order valence-electron chi connectivity index (χ1n) is 9.68. The lowest BCUT2D eigenvalue weighted by Gasteiger charge is -2.24. The maximum Gasteiger partial charge on any atom is 0.255 e. The third-order valence-electron chi connectivity index (χ3n) is 4.65. The number of nitriles is 1. The minimum absolute atomic E-state index is 0.279. The highest BCUT2D eigenvalue weighted by atomic mass is 35.5. The Kier molecular flexibility index (Phi) is 7.66. The van der Waals surface area contributed by atoms with Gasteiger partial charge in [-0.3, -0.25) is 9.59 Å². The van der Waals surface area contributed by atoms with Crippen molar-refractivity contribution in [1.29, 1.82) is 5.26 Å². The van der Waals surface area contributed by atoms with Gasteiger partial charge in [-0.05, 0) is 42.8 Å². The number of rotatable bonds is 7. The summed E-state index contributed by atoms with van der Waals surface area (Å²) >= 11 is 7.85. The molecule has 0 bridgehead atoms. The van der Waals surface area contributed by atoms with Crippen molar-refractivity contribution >= 4 is 40.9 Å². The van der Waals surface area contributed by atoms with Gasteiger partial charge in [-0.1, -0.05) is 18.5 Å². The van der Waals surface area contributed by atoms with E-state index in [0.717, 1.165) is 6.42 Å². The summed E-state index contributed by atoms with van der Waals surface area (Å²) in [5.74, 6) is 1.04. The Hall–Kier alpha value is -2.89. The molecule has 1 aliphatic rings. The van der Waals surface area contributed by atoms with Crippen LogP contribution in [0, 0.1) is 11.3 Å². The molecular weight excluding hydrogens is 438 g/mol. The molecule has 1 fully saturated rings. The summed E-state index contributed by atoms with van der Waals surface area (Å²) in [6, 6.07) is 11.1. The molecule has 1 heterocycles. The van der Waals surface area contributed by atoms with Crippen molar-refractivity contribution in [1.82, 2.24) is 4.90 Å². The molecule has 2 amide bonds. The third-order valence-corrected chi connectivity index (χ3v) is 5.95. The molecule has 0 aromatic heterocycles. The summed E-state index contributed by atoms with van der Waals surface area (Å²) in [6.45, 7) is 2.45. The van der Waals surface area contributed by atoms with Gasteiger partial charge < -0.3 is 19.7 Å². The van der Waals surface area contributed by atoms with Crippen molar-refractivity contribution in [3.8, 4) is 17.6 Å². The van der Waals surface area contributed by atoms with E-state index >= 15 is 0 Å². The minimum Gasteiger partial charge on any atom is -0.493 e. The molecule has 162 valence electrons. The summed E-state index contributed by atoms with van der Waals surface area (Å²) < 4.78 is 11.0. The van der Waals surface area contributed by atoms with E-state index in [1.165, 1.54) is 29.8 Å². The van der Waals surface area contributed by atoms with Crippen LogP contribution in [0.25, 0.3) is 0 Å². The normalized spacial score (nSPS) is 15.3. The summed E-state index contributed by atoms with van der Waals surface area (Å²) in [7, 11) is 1.48. The summed E-state index contributed by atoms with van der Waals surface area (Å²) in [5.41, 5.74) is 1.39. The highest BCUT2D eigenvalue weighted by molar-refractivity contribution is 7.99. The maximum absolute atomic E-state index is 13.2. The number of carbonyl (C=O) groups excluding carboxylic acids is 2. The van der Waals surface area contributed by atoms with Crippen molar-refractivity contribution in [3.63, 3.8) is 0 Å². The summed E-state index contributed by atoms with van der Waals surface area (Å²) in [6.07, 6.45) is 0.807. The second-order valence-electron chi connectivity index (χ2n) is 6.81. The Labute approximate surface area is 190 Å². The van der Waals surface area contributed by atoms with E-state index in [1.807, 2.05) is 13.0 Å². The second kappa shape index (κ2) is 10.4. The molecule has 0 aliphatic carbocycles. The van der Waals surface area contributed by atoms with Gasteiger partial charge in [-0.15, -0.1) is 11.8 Å². The van der Waals surface area contributed by atoms with E-state index < -0.39 is 6.04 Å². The molecule has 3 rings (SSSR count). The zero-order valence-electron chi connectivity index (χ0n) is 17.2. The number of amides is 2.